The van der Waals surface area contributed by atoms with Crippen molar-refractivity contribution < 1.29 is 14.3 Å². The topological polar surface area (TPSA) is 68.3 Å². The summed E-state index contributed by atoms with van der Waals surface area (Å²) in [5.41, 5.74) is 1.59. The lowest BCUT2D eigenvalue weighted by Gasteiger charge is -2.18. The summed E-state index contributed by atoms with van der Waals surface area (Å²) in [5.74, 6) is -0.203. The van der Waals surface area contributed by atoms with E-state index in [9.17, 15) is 9.59 Å². The maximum Gasteiger partial charge on any atom is 0.307 e. The minimum atomic E-state index is -0.444. The van der Waals surface area contributed by atoms with Crippen molar-refractivity contribution in [3.8, 4) is 0 Å². The highest BCUT2D eigenvalue weighted by molar-refractivity contribution is 9.10. The van der Waals surface area contributed by atoms with Crippen molar-refractivity contribution in [2.45, 2.75) is 38.6 Å². The molecule has 2 aromatic rings. The molecule has 2 rings (SSSR count). The number of carbonyl (C=O) groups is 2. The van der Waals surface area contributed by atoms with E-state index in [0.29, 0.717) is 5.92 Å². The molecular weight excluding hydrogens is 404 g/mol. The van der Waals surface area contributed by atoms with E-state index >= 15 is 0 Å². The smallest absolute Gasteiger partial charge is 0.307 e. The molecule has 7 heteroatoms. The summed E-state index contributed by atoms with van der Waals surface area (Å²) < 4.78 is 5.63. The molecule has 134 valence electrons. The second-order valence-corrected chi connectivity index (χ2v) is 7.77. The molecule has 0 saturated heterocycles. The first kappa shape index (κ1) is 19.6. The standard InChI is InChI=1S/C18H21BrN2O3S/c1-11(2)18-20-14(10-25-18)8-16(22)21-15(9-17(23)24-3)12-5-4-6-13(19)7-12/h4-7,10-11,15H,8-9H2,1-3H3,(H,21,22). The fourth-order valence-electron chi connectivity index (χ4n) is 2.30. The average molecular weight is 425 g/mol. The minimum absolute atomic E-state index is 0.0764. The van der Waals surface area contributed by atoms with Crippen molar-refractivity contribution in [1.82, 2.24) is 10.3 Å². The van der Waals surface area contributed by atoms with Gasteiger partial charge in [0.25, 0.3) is 0 Å². The van der Waals surface area contributed by atoms with Gasteiger partial charge in [0.2, 0.25) is 5.91 Å². The fraction of sp³-hybridized carbons (Fsp3) is 0.389. The highest BCUT2D eigenvalue weighted by atomic mass is 79.9. The highest BCUT2D eigenvalue weighted by Gasteiger charge is 2.20. The third kappa shape index (κ3) is 5.93. The number of benzene rings is 1. The summed E-state index contributed by atoms with van der Waals surface area (Å²) in [5, 5.41) is 5.84. The molecule has 1 atom stereocenters. The molecule has 1 N–H and O–H groups in total. The molecule has 0 aliphatic carbocycles. The van der Waals surface area contributed by atoms with Crippen LogP contribution >= 0.6 is 27.3 Å². The number of amides is 1. The van der Waals surface area contributed by atoms with Crippen LogP contribution in [0, 0.1) is 0 Å². The van der Waals surface area contributed by atoms with E-state index in [1.54, 1.807) is 11.3 Å². The number of nitrogens with one attached hydrogen (secondary N) is 1. The van der Waals surface area contributed by atoms with Gasteiger partial charge in [0, 0.05) is 15.8 Å². The second kappa shape index (κ2) is 9.10. The normalized spacial score (nSPS) is 12.0. The number of halogens is 1. The van der Waals surface area contributed by atoms with Gasteiger partial charge < -0.3 is 10.1 Å². The zero-order valence-electron chi connectivity index (χ0n) is 14.4. The van der Waals surface area contributed by atoms with E-state index in [4.69, 9.17) is 4.74 Å². The number of methoxy groups -OCH3 is 1. The van der Waals surface area contributed by atoms with Crippen molar-refractivity contribution >= 4 is 39.1 Å². The Morgan fingerprint density at radius 1 is 1.36 bits per heavy atom. The van der Waals surface area contributed by atoms with Crippen LogP contribution in [0.15, 0.2) is 34.1 Å². The molecule has 1 aromatic heterocycles. The molecule has 0 spiro atoms. The number of ether oxygens (including phenoxy) is 1. The van der Waals surface area contributed by atoms with Crippen LogP contribution in [0.5, 0.6) is 0 Å². The van der Waals surface area contributed by atoms with Gasteiger partial charge in [-0.1, -0.05) is 41.9 Å². The summed E-state index contributed by atoms with van der Waals surface area (Å²) in [6, 6.07) is 7.07. The number of hydrogen-bond acceptors (Lipinski definition) is 5. The van der Waals surface area contributed by atoms with Gasteiger partial charge in [-0.3, -0.25) is 9.59 Å². The van der Waals surface area contributed by atoms with Gasteiger partial charge >= 0.3 is 5.97 Å². The quantitative estimate of drug-likeness (QED) is 0.682. The first-order valence-electron chi connectivity index (χ1n) is 7.95. The monoisotopic (exact) mass is 424 g/mol. The van der Waals surface area contributed by atoms with Crippen LogP contribution in [0.4, 0.5) is 0 Å². The van der Waals surface area contributed by atoms with Crippen molar-refractivity contribution in [3.63, 3.8) is 0 Å². The number of thiazole rings is 1. The first-order valence-corrected chi connectivity index (χ1v) is 9.62. The van der Waals surface area contributed by atoms with Crippen molar-refractivity contribution in [2.75, 3.05) is 7.11 Å². The second-order valence-electron chi connectivity index (χ2n) is 5.96. The van der Waals surface area contributed by atoms with Gasteiger partial charge in [-0.2, -0.15) is 0 Å². The summed E-state index contributed by atoms with van der Waals surface area (Å²) in [6.07, 6.45) is 0.266. The molecule has 0 radical (unpaired) electrons. The Morgan fingerprint density at radius 3 is 2.72 bits per heavy atom. The largest absolute Gasteiger partial charge is 0.469 e. The van der Waals surface area contributed by atoms with Gasteiger partial charge in [-0.25, -0.2) is 4.98 Å². The molecule has 25 heavy (non-hydrogen) atoms. The van der Waals surface area contributed by atoms with Crippen LogP contribution in [0.25, 0.3) is 0 Å². The molecular formula is C18H21BrN2O3S. The van der Waals surface area contributed by atoms with Gasteiger partial charge in [-0.15, -0.1) is 11.3 Å². The van der Waals surface area contributed by atoms with Gasteiger partial charge in [0.05, 0.1) is 36.7 Å². The number of rotatable bonds is 7. The molecule has 0 saturated carbocycles. The predicted molar refractivity (Wildman–Crippen MR) is 102 cm³/mol. The maximum absolute atomic E-state index is 12.4. The third-order valence-corrected chi connectivity index (χ3v) is 5.28. The molecule has 0 bridgehead atoms. The van der Waals surface area contributed by atoms with Gasteiger partial charge in [0.1, 0.15) is 0 Å². The summed E-state index contributed by atoms with van der Waals surface area (Å²) in [7, 11) is 1.34. The number of hydrogen-bond donors (Lipinski definition) is 1. The lowest BCUT2D eigenvalue weighted by atomic mass is 10.0. The number of nitrogens with zero attached hydrogens (tertiary/aromatic N) is 1. The van der Waals surface area contributed by atoms with E-state index in [2.05, 4.69) is 40.1 Å². The molecule has 1 amide bonds. The van der Waals surface area contributed by atoms with Crippen LogP contribution in [-0.2, 0) is 20.7 Å². The number of esters is 1. The fourth-order valence-corrected chi connectivity index (χ4v) is 3.56. The Hall–Kier alpha value is -1.73. The molecule has 5 nitrogen and oxygen atoms in total. The van der Waals surface area contributed by atoms with Crippen molar-refractivity contribution in [1.29, 1.82) is 0 Å². The van der Waals surface area contributed by atoms with Crippen LogP contribution in [-0.4, -0.2) is 24.0 Å². The lowest BCUT2D eigenvalue weighted by Crippen LogP contribution is -2.31. The average Bonchev–Trinajstić information content (AvgIpc) is 3.02. The van der Waals surface area contributed by atoms with Crippen molar-refractivity contribution in [2.24, 2.45) is 0 Å². The zero-order chi connectivity index (χ0) is 18.4. The van der Waals surface area contributed by atoms with E-state index < -0.39 is 6.04 Å². The Kier molecular flexibility index (Phi) is 7.13. The maximum atomic E-state index is 12.4. The van der Waals surface area contributed by atoms with E-state index in [-0.39, 0.29) is 24.7 Å². The molecule has 0 fully saturated rings. The van der Waals surface area contributed by atoms with Crippen LogP contribution in [0.2, 0.25) is 0 Å². The molecule has 1 unspecified atom stereocenters. The lowest BCUT2D eigenvalue weighted by molar-refractivity contribution is -0.141. The Balaban J connectivity index is 2.09. The molecule has 0 aliphatic heterocycles. The van der Waals surface area contributed by atoms with Gasteiger partial charge in [0.15, 0.2) is 0 Å². The molecule has 0 aliphatic rings. The van der Waals surface area contributed by atoms with Gasteiger partial charge in [-0.05, 0) is 17.7 Å². The SMILES string of the molecule is COC(=O)CC(NC(=O)Cc1csc(C(C)C)n1)c1cccc(Br)c1. The Labute approximate surface area is 159 Å². The number of carbonyl (C=O) groups excluding carboxylic acids is 2. The summed E-state index contributed by atoms with van der Waals surface area (Å²) >= 11 is 4.97. The third-order valence-electron chi connectivity index (χ3n) is 3.59. The summed E-state index contributed by atoms with van der Waals surface area (Å²) in [6.45, 7) is 4.14. The van der Waals surface area contributed by atoms with Crippen LogP contribution < -0.4 is 5.32 Å². The highest BCUT2D eigenvalue weighted by Crippen LogP contribution is 2.22. The van der Waals surface area contributed by atoms with E-state index in [0.717, 1.165) is 20.7 Å². The van der Waals surface area contributed by atoms with E-state index in [1.807, 2.05) is 29.6 Å². The Morgan fingerprint density at radius 2 is 2.12 bits per heavy atom. The first-order chi connectivity index (χ1) is 11.9. The van der Waals surface area contributed by atoms with Crippen molar-refractivity contribution in [3.05, 3.63) is 50.4 Å². The number of aromatic nitrogens is 1. The minimum Gasteiger partial charge on any atom is -0.469 e. The zero-order valence-corrected chi connectivity index (χ0v) is 16.8. The van der Waals surface area contributed by atoms with Crippen LogP contribution in [0.1, 0.15) is 48.5 Å². The Bertz CT molecular complexity index is 745. The van der Waals surface area contributed by atoms with E-state index in [1.165, 1.54) is 7.11 Å². The summed E-state index contributed by atoms with van der Waals surface area (Å²) in [4.78, 5) is 28.6. The molecule has 1 heterocycles. The van der Waals surface area contributed by atoms with Crippen LogP contribution in [0.3, 0.4) is 0 Å². The predicted octanol–water partition coefficient (Wildman–Crippen LogP) is 3.99. The molecule has 1 aromatic carbocycles.